The van der Waals surface area contributed by atoms with Crippen molar-refractivity contribution in [3.8, 4) is 0 Å². The maximum Gasteiger partial charge on any atom is 0.000921 e. The Bertz CT molecular complexity index is 365. The molecule has 2 fully saturated rings. The van der Waals surface area contributed by atoms with E-state index in [1.165, 1.54) is 19.3 Å². The molecular weight excluding hydrogens is 180 g/mol. The first-order chi connectivity index (χ1) is 6.90. The average Bonchev–Trinajstić information content (AvgIpc) is 2.63. The minimum atomic E-state index is 0.375. The van der Waals surface area contributed by atoms with E-state index in [0.29, 0.717) is 16.2 Å². The molecule has 0 aliphatic heterocycles. The van der Waals surface area contributed by atoms with Gasteiger partial charge < -0.3 is 0 Å². The van der Waals surface area contributed by atoms with Crippen LogP contribution in [0, 0.1) is 22.2 Å². The van der Waals surface area contributed by atoms with Gasteiger partial charge in [0.05, 0.1) is 0 Å². The van der Waals surface area contributed by atoms with Crippen LogP contribution in [0.3, 0.4) is 0 Å². The monoisotopic (exact) mass is 202 g/mol. The first kappa shape index (κ1) is 9.69. The van der Waals surface area contributed by atoms with Crippen LogP contribution in [-0.4, -0.2) is 0 Å². The van der Waals surface area contributed by atoms with Gasteiger partial charge in [0.25, 0.3) is 0 Å². The fourth-order valence-corrected chi connectivity index (χ4v) is 4.59. The van der Waals surface area contributed by atoms with E-state index < -0.39 is 0 Å². The zero-order valence-electron chi connectivity index (χ0n) is 10.4. The molecule has 3 aliphatic carbocycles. The van der Waals surface area contributed by atoms with Crippen LogP contribution in [0.2, 0.25) is 0 Å². The number of hydrogen-bond acceptors (Lipinski definition) is 0. The smallest absolute Gasteiger partial charge is 0.000921 e. The van der Waals surface area contributed by atoms with Crippen LogP contribution in [-0.2, 0) is 0 Å². The molecule has 82 valence electrons. The topological polar surface area (TPSA) is 0 Å². The van der Waals surface area contributed by atoms with E-state index in [4.69, 9.17) is 0 Å². The lowest BCUT2D eigenvalue weighted by atomic mass is 9.56. The molecular formula is C15H22. The Morgan fingerprint density at radius 2 is 1.93 bits per heavy atom. The molecule has 0 N–H and O–H groups in total. The van der Waals surface area contributed by atoms with Gasteiger partial charge in [0.15, 0.2) is 0 Å². The summed E-state index contributed by atoms with van der Waals surface area (Å²) >= 11 is 0. The molecule has 0 aromatic rings. The third kappa shape index (κ3) is 0.898. The summed E-state index contributed by atoms with van der Waals surface area (Å²) in [6.07, 6.45) is 11.4. The molecule has 0 nitrogen and oxygen atoms in total. The molecule has 1 spiro atoms. The zero-order valence-corrected chi connectivity index (χ0v) is 10.4. The van der Waals surface area contributed by atoms with E-state index in [1.54, 1.807) is 5.57 Å². The third-order valence-corrected chi connectivity index (χ3v) is 5.75. The van der Waals surface area contributed by atoms with Crippen LogP contribution in [0.5, 0.6) is 0 Å². The summed E-state index contributed by atoms with van der Waals surface area (Å²) < 4.78 is 0. The molecule has 0 unspecified atom stereocenters. The Morgan fingerprint density at radius 3 is 2.60 bits per heavy atom. The Hall–Kier alpha value is -0.520. The summed E-state index contributed by atoms with van der Waals surface area (Å²) in [5, 5.41) is 0. The first-order valence-electron chi connectivity index (χ1n) is 6.31. The van der Waals surface area contributed by atoms with Crippen molar-refractivity contribution >= 4 is 0 Å². The number of hydrogen-bond donors (Lipinski definition) is 0. The Kier molecular flexibility index (Phi) is 1.56. The Morgan fingerprint density at radius 1 is 1.20 bits per heavy atom. The van der Waals surface area contributed by atoms with Crippen molar-refractivity contribution in [1.82, 2.24) is 0 Å². The van der Waals surface area contributed by atoms with Gasteiger partial charge in [-0.3, -0.25) is 0 Å². The number of allylic oxidation sites excluding steroid dienone is 4. The van der Waals surface area contributed by atoms with Crippen molar-refractivity contribution in [2.24, 2.45) is 22.2 Å². The fraction of sp³-hybridized carbons (Fsp3) is 0.733. The van der Waals surface area contributed by atoms with E-state index in [2.05, 4.69) is 45.9 Å². The van der Waals surface area contributed by atoms with Crippen LogP contribution in [0.15, 0.2) is 23.8 Å². The van der Waals surface area contributed by atoms with Crippen molar-refractivity contribution in [2.75, 3.05) is 0 Å². The second-order valence-corrected chi connectivity index (χ2v) is 6.90. The second kappa shape index (κ2) is 2.42. The van der Waals surface area contributed by atoms with Crippen molar-refractivity contribution in [2.45, 2.75) is 47.0 Å². The molecule has 0 amide bonds. The van der Waals surface area contributed by atoms with Gasteiger partial charge in [-0.15, -0.1) is 0 Å². The SMILES string of the molecule is CC1(C)C2=CC=CC(C)(C)[C@@]23CC[C@@H]1C3. The highest BCUT2D eigenvalue weighted by Crippen LogP contribution is 2.72. The molecule has 3 rings (SSSR count). The minimum absolute atomic E-state index is 0.375. The van der Waals surface area contributed by atoms with Gasteiger partial charge in [-0.05, 0) is 36.0 Å². The molecule has 2 bridgehead atoms. The van der Waals surface area contributed by atoms with Crippen molar-refractivity contribution in [3.05, 3.63) is 23.8 Å². The first-order valence-corrected chi connectivity index (χ1v) is 6.31. The lowest BCUT2D eigenvalue weighted by Gasteiger charge is -2.48. The highest BCUT2D eigenvalue weighted by atomic mass is 14.7. The summed E-state index contributed by atoms with van der Waals surface area (Å²) in [5.74, 6) is 0.933. The lowest BCUT2D eigenvalue weighted by molar-refractivity contribution is 0.158. The molecule has 0 saturated heterocycles. The molecule has 3 aliphatic rings. The van der Waals surface area contributed by atoms with Gasteiger partial charge in [0.2, 0.25) is 0 Å². The van der Waals surface area contributed by atoms with E-state index >= 15 is 0 Å². The predicted octanol–water partition coefficient (Wildman–Crippen LogP) is 4.34. The Labute approximate surface area is 93.5 Å². The number of rotatable bonds is 0. The maximum atomic E-state index is 2.46. The largest absolute Gasteiger partial charge is 0.0780 e. The highest BCUT2D eigenvalue weighted by molar-refractivity contribution is 5.42. The van der Waals surface area contributed by atoms with Crippen molar-refractivity contribution < 1.29 is 0 Å². The molecule has 0 aromatic heterocycles. The summed E-state index contributed by atoms with van der Waals surface area (Å²) in [5.41, 5.74) is 3.09. The summed E-state index contributed by atoms with van der Waals surface area (Å²) in [4.78, 5) is 0. The number of fused-ring (bicyclic) bond motifs is 1. The minimum Gasteiger partial charge on any atom is -0.0780 e. The fourth-order valence-electron chi connectivity index (χ4n) is 4.59. The molecule has 0 heteroatoms. The van der Waals surface area contributed by atoms with Crippen LogP contribution in [0.1, 0.15) is 47.0 Å². The van der Waals surface area contributed by atoms with Crippen molar-refractivity contribution in [3.63, 3.8) is 0 Å². The normalized spacial score (nSPS) is 44.0. The predicted molar refractivity (Wildman–Crippen MR) is 64.6 cm³/mol. The lowest BCUT2D eigenvalue weighted by Crippen LogP contribution is -2.39. The van der Waals surface area contributed by atoms with Gasteiger partial charge in [-0.25, -0.2) is 0 Å². The van der Waals surface area contributed by atoms with Crippen LogP contribution in [0.25, 0.3) is 0 Å². The molecule has 0 radical (unpaired) electrons. The van der Waals surface area contributed by atoms with Gasteiger partial charge in [0, 0.05) is 5.41 Å². The third-order valence-electron chi connectivity index (χ3n) is 5.75. The second-order valence-electron chi connectivity index (χ2n) is 6.90. The molecule has 2 saturated carbocycles. The van der Waals surface area contributed by atoms with E-state index in [9.17, 15) is 0 Å². The highest BCUT2D eigenvalue weighted by Gasteiger charge is 2.63. The molecule has 15 heavy (non-hydrogen) atoms. The van der Waals surface area contributed by atoms with Crippen molar-refractivity contribution in [1.29, 1.82) is 0 Å². The van der Waals surface area contributed by atoms with Gasteiger partial charge in [-0.1, -0.05) is 51.5 Å². The van der Waals surface area contributed by atoms with E-state index in [-0.39, 0.29) is 0 Å². The molecule has 0 heterocycles. The molecule has 2 atom stereocenters. The summed E-state index contributed by atoms with van der Waals surface area (Å²) in [6, 6.07) is 0. The maximum absolute atomic E-state index is 2.46. The average molecular weight is 202 g/mol. The van der Waals surface area contributed by atoms with Gasteiger partial charge >= 0.3 is 0 Å². The summed E-state index contributed by atoms with van der Waals surface area (Å²) in [7, 11) is 0. The van der Waals surface area contributed by atoms with Crippen LogP contribution < -0.4 is 0 Å². The van der Waals surface area contributed by atoms with Gasteiger partial charge in [-0.2, -0.15) is 0 Å². The standard InChI is InChI=1S/C15H22/c1-13(2)8-5-6-12-14(3,4)11-7-9-15(12,13)10-11/h5-6,8,11H,7,9-10H2,1-4H3/t11-,15-/m1/s1. The van der Waals surface area contributed by atoms with Gasteiger partial charge in [0.1, 0.15) is 0 Å². The molecule has 0 aromatic carbocycles. The zero-order chi connectivity index (χ0) is 10.9. The Balaban J connectivity index is 2.20. The quantitative estimate of drug-likeness (QED) is 0.548. The van der Waals surface area contributed by atoms with E-state index in [1.807, 2.05) is 0 Å². The van der Waals surface area contributed by atoms with E-state index in [0.717, 1.165) is 5.92 Å². The summed E-state index contributed by atoms with van der Waals surface area (Å²) in [6.45, 7) is 9.78. The van der Waals surface area contributed by atoms with Crippen LogP contribution >= 0.6 is 0 Å². The van der Waals surface area contributed by atoms with Crippen LogP contribution in [0.4, 0.5) is 0 Å².